The molecule has 12 heteroatoms. The van der Waals surface area contributed by atoms with Crippen LogP contribution >= 0.6 is 62.5 Å². The smallest absolute Gasteiger partial charge is 0.293 e. The van der Waals surface area contributed by atoms with E-state index in [0.29, 0.717) is 47.9 Å². The highest BCUT2D eigenvalue weighted by Crippen LogP contribution is 2.39. The molecule has 0 aromatic heterocycles. The highest BCUT2D eigenvalue weighted by Gasteiger charge is 2.35. The zero-order chi connectivity index (χ0) is 27.4. The van der Waals surface area contributed by atoms with E-state index in [2.05, 4.69) is 21.2 Å². The summed E-state index contributed by atoms with van der Waals surface area (Å²) in [5, 5.41) is 3.42. The van der Waals surface area contributed by atoms with Crippen molar-refractivity contribution in [3.63, 3.8) is 0 Å². The van der Waals surface area contributed by atoms with Crippen LogP contribution < -0.4 is 14.8 Å². The Labute approximate surface area is 246 Å². The van der Waals surface area contributed by atoms with E-state index in [4.69, 9.17) is 44.3 Å². The molecular weight excluding hydrogens is 639 g/mol. The Balaban J connectivity index is 1.47. The minimum Gasteiger partial charge on any atom is -0.493 e. The first kappa shape index (κ1) is 28.3. The summed E-state index contributed by atoms with van der Waals surface area (Å²) in [6, 6.07) is 15.1. The van der Waals surface area contributed by atoms with Crippen LogP contribution in [0.1, 0.15) is 11.1 Å². The standard InChI is InChI=1S/C26H18BrCl3N2O5S/c1-36-21-10-15(8-16(27)24(21)37-13-23(33)31-20-5-3-2-4-18(20)29)11-22-25(34)32(26(35)38-22)12-14-6-7-17(28)19(30)9-14/h2-11H,12-13H2,1H3,(H,31,33)/b22-11-. The number of nitrogens with zero attached hydrogens (tertiary/aromatic N) is 1. The van der Waals surface area contributed by atoms with Crippen molar-refractivity contribution in [3.05, 3.63) is 90.2 Å². The van der Waals surface area contributed by atoms with Crippen LogP contribution in [0.2, 0.25) is 15.1 Å². The lowest BCUT2D eigenvalue weighted by molar-refractivity contribution is -0.123. The lowest BCUT2D eigenvalue weighted by Crippen LogP contribution is -2.27. The number of anilines is 1. The number of rotatable bonds is 8. The van der Waals surface area contributed by atoms with Crippen molar-refractivity contribution in [1.82, 2.24) is 4.90 Å². The van der Waals surface area contributed by atoms with E-state index in [0.717, 1.165) is 16.7 Å². The SMILES string of the molecule is COc1cc(/C=C2\SC(=O)N(Cc3ccc(Cl)c(Cl)c3)C2=O)cc(Br)c1OCC(=O)Nc1ccccc1Cl. The summed E-state index contributed by atoms with van der Waals surface area (Å²) in [6.07, 6.45) is 1.58. The van der Waals surface area contributed by atoms with Gasteiger partial charge in [-0.2, -0.15) is 0 Å². The molecule has 1 N–H and O–H groups in total. The van der Waals surface area contributed by atoms with Crippen molar-refractivity contribution >= 4 is 91.3 Å². The molecule has 0 aliphatic carbocycles. The van der Waals surface area contributed by atoms with E-state index in [1.165, 1.54) is 7.11 Å². The monoisotopic (exact) mass is 654 g/mol. The molecule has 1 fully saturated rings. The van der Waals surface area contributed by atoms with Gasteiger partial charge in [0, 0.05) is 0 Å². The summed E-state index contributed by atoms with van der Waals surface area (Å²) in [5.74, 6) is -0.220. The third-order valence-corrected chi connectivity index (χ3v) is 7.81. The molecule has 0 atom stereocenters. The average Bonchev–Trinajstić information content (AvgIpc) is 3.13. The number of benzene rings is 3. The zero-order valence-electron chi connectivity index (χ0n) is 19.6. The quantitative estimate of drug-likeness (QED) is 0.251. The van der Waals surface area contributed by atoms with E-state index < -0.39 is 17.1 Å². The van der Waals surface area contributed by atoms with Crippen molar-refractivity contribution in [3.8, 4) is 11.5 Å². The topological polar surface area (TPSA) is 84.9 Å². The fourth-order valence-corrected chi connectivity index (χ4v) is 5.37. The van der Waals surface area contributed by atoms with Gasteiger partial charge >= 0.3 is 0 Å². The number of ether oxygens (including phenoxy) is 2. The predicted molar refractivity (Wildman–Crippen MR) is 154 cm³/mol. The van der Waals surface area contributed by atoms with Gasteiger partial charge in [0.2, 0.25) is 0 Å². The van der Waals surface area contributed by atoms with Crippen LogP contribution in [0.25, 0.3) is 6.08 Å². The molecule has 1 aliphatic rings. The molecule has 0 radical (unpaired) electrons. The van der Waals surface area contributed by atoms with Crippen molar-refractivity contribution in [1.29, 1.82) is 0 Å². The van der Waals surface area contributed by atoms with E-state index in [9.17, 15) is 14.4 Å². The lowest BCUT2D eigenvalue weighted by atomic mass is 10.1. The molecule has 1 saturated heterocycles. The molecule has 0 spiro atoms. The van der Waals surface area contributed by atoms with E-state index in [1.807, 2.05) is 0 Å². The minimum absolute atomic E-state index is 0.0644. The second kappa shape index (κ2) is 12.4. The number of amides is 3. The third-order valence-electron chi connectivity index (χ3n) is 5.24. The van der Waals surface area contributed by atoms with Gasteiger partial charge in [0.1, 0.15) is 0 Å². The molecule has 3 aromatic carbocycles. The number of nitrogens with one attached hydrogen (secondary N) is 1. The Hall–Kier alpha value is -2.69. The Morgan fingerprint density at radius 3 is 2.53 bits per heavy atom. The number of carbonyl (C=O) groups is 3. The minimum atomic E-state index is -0.433. The fraction of sp³-hybridized carbons (Fsp3) is 0.115. The van der Waals surface area contributed by atoms with Crippen molar-refractivity contribution in [2.45, 2.75) is 6.54 Å². The number of thioether (sulfide) groups is 1. The van der Waals surface area contributed by atoms with Gasteiger partial charge < -0.3 is 14.8 Å². The second-order valence-corrected chi connectivity index (χ2v) is 10.9. The highest BCUT2D eigenvalue weighted by molar-refractivity contribution is 9.10. The fourth-order valence-electron chi connectivity index (χ4n) is 3.46. The molecule has 4 rings (SSSR count). The summed E-state index contributed by atoms with van der Waals surface area (Å²) in [7, 11) is 1.45. The number of halogens is 4. The Morgan fingerprint density at radius 2 is 1.82 bits per heavy atom. The zero-order valence-corrected chi connectivity index (χ0v) is 24.3. The van der Waals surface area contributed by atoms with Gasteiger partial charge in [0.25, 0.3) is 17.1 Å². The summed E-state index contributed by atoms with van der Waals surface area (Å²) >= 11 is 22.3. The van der Waals surface area contributed by atoms with Crippen molar-refractivity contribution in [2.24, 2.45) is 0 Å². The number of hydrogen-bond donors (Lipinski definition) is 1. The summed E-state index contributed by atoms with van der Waals surface area (Å²) < 4.78 is 11.6. The molecule has 38 heavy (non-hydrogen) atoms. The highest BCUT2D eigenvalue weighted by atomic mass is 79.9. The van der Waals surface area contributed by atoms with Crippen LogP contribution in [-0.4, -0.2) is 35.7 Å². The third kappa shape index (κ3) is 6.65. The molecule has 1 heterocycles. The van der Waals surface area contributed by atoms with Gasteiger partial charge in [-0.15, -0.1) is 0 Å². The van der Waals surface area contributed by atoms with Gasteiger partial charge in [0.05, 0.1) is 43.8 Å². The molecule has 0 bridgehead atoms. The van der Waals surface area contributed by atoms with Crippen LogP contribution in [0.5, 0.6) is 11.5 Å². The predicted octanol–water partition coefficient (Wildman–Crippen LogP) is 7.67. The van der Waals surface area contributed by atoms with Gasteiger partial charge in [-0.3, -0.25) is 19.3 Å². The first-order valence-corrected chi connectivity index (χ1v) is 13.6. The van der Waals surface area contributed by atoms with Gasteiger partial charge in [-0.05, 0) is 81.3 Å². The first-order chi connectivity index (χ1) is 18.2. The van der Waals surface area contributed by atoms with Crippen LogP contribution in [0.4, 0.5) is 10.5 Å². The first-order valence-electron chi connectivity index (χ1n) is 10.9. The molecule has 0 saturated carbocycles. The summed E-state index contributed by atoms with van der Waals surface area (Å²) in [4.78, 5) is 39.3. The van der Waals surface area contributed by atoms with Gasteiger partial charge in [-0.25, -0.2) is 0 Å². The van der Waals surface area contributed by atoms with Crippen molar-refractivity contribution < 1.29 is 23.9 Å². The van der Waals surface area contributed by atoms with Gasteiger partial charge in [0.15, 0.2) is 18.1 Å². The molecule has 3 amide bonds. The Bertz CT molecular complexity index is 1470. The number of carbonyl (C=O) groups excluding carboxylic acids is 3. The Kier molecular flexibility index (Phi) is 9.27. The lowest BCUT2D eigenvalue weighted by Gasteiger charge is -2.14. The van der Waals surface area contributed by atoms with Crippen LogP contribution in [0, 0.1) is 0 Å². The normalized spacial score (nSPS) is 14.2. The number of hydrogen-bond acceptors (Lipinski definition) is 6. The second-order valence-electron chi connectivity index (χ2n) is 7.87. The molecule has 7 nitrogen and oxygen atoms in total. The average molecular weight is 657 g/mol. The van der Waals surface area contributed by atoms with E-state index >= 15 is 0 Å². The van der Waals surface area contributed by atoms with Crippen LogP contribution in [0.15, 0.2) is 64.0 Å². The molecule has 196 valence electrons. The maximum Gasteiger partial charge on any atom is 0.293 e. The number of para-hydroxylation sites is 1. The largest absolute Gasteiger partial charge is 0.493 e. The van der Waals surface area contributed by atoms with E-state index in [-0.39, 0.29) is 18.1 Å². The van der Waals surface area contributed by atoms with Crippen molar-refractivity contribution in [2.75, 3.05) is 19.0 Å². The maximum absolute atomic E-state index is 13.0. The maximum atomic E-state index is 13.0. The summed E-state index contributed by atoms with van der Waals surface area (Å²) in [5.41, 5.74) is 1.73. The Morgan fingerprint density at radius 1 is 1.05 bits per heavy atom. The molecular formula is C26H18BrCl3N2O5S. The van der Waals surface area contributed by atoms with Gasteiger partial charge in [-0.1, -0.05) is 53.0 Å². The number of methoxy groups -OCH3 is 1. The van der Waals surface area contributed by atoms with E-state index in [1.54, 1.807) is 60.7 Å². The van der Waals surface area contributed by atoms with Crippen LogP contribution in [0.3, 0.4) is 0 Å². The summed E-state index contributed by atoms with van der Waals surface area (Å²) in [6.45, 7) is -0.234. The molecule has 0 unspecified atom stereocenters. The number of imide groups is 1. The van der Waals surface area contributed by atoms with Crippen LogP contribution in [-0.2, 0) is 16.1 Å². The molecule has 1 aliphatic heterocycles. The molecule has 3 aromatic rings.